The number of rotatable bonds is 3. The molecule has 37 heavy (non-hydrogen) atoms. The molecule has 8 nitrogen and oxygen atoms in total. The Labute approximate surface area is 217 Å². The van der Waals surface area contributed by atoms with Gasteiger partial charge >= 0.3 is 0 Å². The SMILES string of the molecule is Cc1ncc(C(=O)N2CCCNC(=O)CCC(c3ccccc3)CCNC(=O)C2)c(-c2ccccc2)n1. The maximum absolute atomic E-state index is 13.7. The predicted octanol–water partition coefficient (Wildman–Crippen LogP) is 3.48. The van der Waals surface area contributed by atoms with Crippen LogP contribution in [0.25, 0.3) is 11.3 Å². The number of hydrogen-bond donors (Lipinski definition) is 2. The van der Waals surface area contributed by atoms with Gasteiger partial charge in [0.1, 0.15) is 5.82 Å². The molecule has 0 bridgehead atoms. The normalized spacial score (nSPS) is 17.9. The summed E-state index contributed by atoms with van der Waals surface area (Å²) >= 11 is 0. The van der Waals surface area contributed by atoms with Crippen molar-refractivity contribution in [1.29, 1.82) is 0 Å². The number of carbonyl (C=O) groups is 3. The first-order valence-electron chi connectivity index (χ1n) is 12.8. The zero-order valence-electron chi connectivity index (χ0n) is 21.2. The molecule has 2 aromatic carbocycles. The first-order valence-corrected chi connectivity index (χ1v) is 12.8. The molecular weight excluding hydrogens is 466 g/mol. The van der Waals surface area contributed by atoms with E-state index < -0.39 is 0 Å². The molecule has 1 aromatic heterocycles. The van der Waals surface area contributed by atoms with Crippen molar-refractivity contribution in [2.24, 2.45) is 0 Å². The number of benzene rings is 2. The van der Waals surface area contributed by atoms with E-state index >= 15 is 0 Å². The lowest BCUT2D eigenvalue weighted by atomic mass is 9.91. The summed E-state index contributed by atoms with van der Waals surface area (Å²) in [4.78, 5) is 49.4. The molecule has 1 saturated heterocycles. The lowest BCUT2D eigenvalue weighted by Gasteiger charge is -2.24. The topological polar surface area (TPSA) is 104 Å². The van der Waals surface area contributed by atoms with Crippen LogP contribution in [-0.2, 0) is 9.59 Å². The molecule has 1 unspecified atom stereocenters. The zero-order chi connectivity index (χ0) is 26.0. The van der Waals surface area contributed by atoms with Crippen molar-refractivity contribution in [3.05, 3.63) is 83.8 Å². The average molecular weight is 500 g/mol. The highest BCUT2D eigenvalue weighted by molar-refractivity contribution is 6.01. The molecule has 1 aliphatic rings. The minimum atomic E-state index is -0.311. The highest BCUT2D eigenvalue weighted by atomic mass is 16.2. The number of carbonyl (C=O) groups excluding carboxylic acids is 3. The summed E-state index contributed by atoms with van der Waals surface area (Å²) < 4.78 is 0. The van der Waals surface area contributed by atoms with Crippen molar-refractivity contribution < 1.29 is 14.4 Å². The molecule has 1 atom stereocenters. The lowest BCUT2D eigenvalue weighted by molar-refractivity contribution is -0.123. The number of hydrogen-bond acceptors (Lipinski definition) is 5. The third kappa shape index (κ3) is 7.22. The van der Waals surface area contributed by atoms with Gasteiger partial charge in [-0.1, -0.05) is 60.7 Å². The first kappa shape index (κ1) is 26.0. The summed E-state index contributed by atoms with van der Waals surface area (Å²) in [5.41, 5.74) is 2.85. The van der Waals surface area contributed by atoms with Crippen LogP contribution >= 0.6 is 0 Å². The van der Waals surface area contributed by atoms with Crippen molar-refractivity contribution in [2.45, 2.75) is 38.5 Å². The minimum absolute atomic E-state index is 0.00167. The smallest absolute Gasteiger partial charge is 0.258 e. The van der Waals surface area contributed by atoms with E-state index in [1.165, 1.54) is 11.1 Å². The lowest BCUT2D eigenvalue weighted by Crippen LogP contribution is -2.43. The van der Waals surface area contributed by atoms with E-state index in [4.69, 9.17) is 0 Å². The standard InChI is InChI=1S/C29H33N5O3/c1-21-32-19-25(28(33-21)24-11-6-3-7-12-24)29(37)34-18-8-16-30-26(35)14-13-23(15-17-31-27(36)20-34)22-9-4-2-5-10-22/h2-7,9-12,19,23H,8,13-18,20H2,1H3,(H,30,35)(H,31,36). The molecule has 0 aliphatic carbocycles. The molecule has 1 aliphatic heterocycles. The van der Waals surface area contributed by atoms with Crippen LogP contribution in [0.1, 0.15) is 53.3 Å². The summed E-state index contributed by atoms with van der Waals surface area (Å²) in [5, 5.41) is 5.94. The second kappa shape index (κ2) is 12.8. The molecule has 1 fully saturated rings. The van der Waals surface area contributed by atoms with Crippen LogP contribution in [0.15, 0.2) is 66.9 Å². The Morgan fingerprint density at radius 2 is 1.62 bits per heavy atom. The first-order chi connectivity index (χ1) is 18.0. The quantitative estimate of drug-likeness (QED) is 0.574. The maximum atomic E-state index is 13.7. The van der Waals surface area contributed by atoms with E-state index in [0.717, 1.165) is 11.1 Å². The van der Waals surface area contributed by atoms with E-state index in [2.05, 4.69) is 32.7 Å². The van der Waals surface area contributed by atoms with Crippen LogP contribution in [0, 0.1) is 6.92 Å². The van der Waals surface area contributed by atoms with E-state index in [9.17, 15) is 14.4 Å². The van der Waals surface area contributed by atoms with Crippen molar-refractivity contribution in [3.63, 3.8) is 0 Å². The summed E-state index contributed by atoms with van der Waals surface area (Å²) in [6.45, 7) is 2.91. The number of aryl methyl sites for hydroxylation is 1. The van der Waals surface area contributed by atoms with E-state index in [1.807, 2.05) is 48.5 Å². The molecule has 8 heteroatoms. The molecule has 2 N–H and O–H groups in total. The van der Waals surface area contributed by atoms with Gasteiger partial charge in [-0.3, -0.25) is 14.4 Å². The third-order valence-electron chi connectivity index (χ3n) is 6.54. The summed E-state index contributed by atoms with van der Waals surface area (Å²) in [6.07, 6.45) is 3.90. The van der Waals surface area contributed by atoms with Crippen LogP contribution < -0.4 is 10.6 Å². The molecule has 3 aromatic rings. The number of aromatic nitrogens is 2. The van der Waals surface area contributed by atoms with Gasteiger partial charge in [0, 0.05) is 37.8 Å². The van der Waals surface area contributed by atoms with Crippen LogP contribution in [0.4, 0.5) is 0 Å². The van der Waals surface area contributed by atoms with Crippen LogP contribution in [0.5, 0.6) is 0 Å². The van der Waals surface area contributed by atoms with Gasteiger partial charge in [-0.25, -0.2) is 9.97 Å². The van der Waals surface area contributed by atoms with Gasteiger partial charge in [-0.2, -0.15) is 0 Å². The minimum Gasteiger partial charge on any atom is -0.356 e. The second-order valence-electron chi connectivity index (χ2n) is 9.26. The van der Waals surface area contributed by atoms with Gasteiger partial charge in [0.15, 0.2) is 0 Å². The highest BCUT2D eigenvalue weighted by Crippen LogP contribution is 2.25. The van der Waals surface area contributed by atoms with E-state index in [-0.39, 0.29) is 30.2 Å². The Bertz CT molecular complexity index is 1220. The fourth-order valence-electron chi connectivity index (χ4n) is 4.57. The van der Waals surface area contributed by atoms with Crippen molar-refractivity contribution in [2.75, 3.05) is 26.2 Å². The van der Waals surface area contributed by atoms with Crippen molar-refractivity contribution >= 4 is 17.7 Å². The Morgan fingerprint density at radius 3 is 2.38 bits per heavy atom. The highest BCUT2D eigenvalue weighted by Gasteiger charge is 2.24. The zero-order valence-corrected chi connectivity index (χ0v) is 21.2. The molecule has 4 rings (SSSR count). The molecular formula is C29H33N5O3. The fourth-order valence-corrected chi connectivity index (χ4v) is 4.57. The van der Waals surface area contributed by atoms with Crippen molar-refractivity contribution in [3.8, 4) is 11.3 Å². The van der Waals surface area contributed by atoms with Gasteiger partial charge in [0.05, 0.1) is 17.8 Å². The Hall–Kier alpha value is -4.07. The van der Waals surface area contributed by atoms with Crippen LogP contribution in [0.2, 0.25) is 0 Å². The summed E-state index contributed by atoms with van der Waals surface area (Å²) in [6, 6.07) is 19.5. The molecule has 192 valence electrons. The molecule has 3 amide bonds. The van der Waals surface area contributed by atoms with E-state index in [0.29, 0.717) is 62.4 Å². The number of nitrogens with one attached hydrogen (secondary N) is 2. The number of amides is 3. The maximum Gasteiger partial charge on any atom is 0.258 e. The predicted molar refractivity (Wildman–Crippen MR) is 142 cm³/mol. The second-order valence-corrected chi connectivity index (χ2v) is 9.26. The summed E-state index contributed by atoms with van der Waals surface area (Å²) in [7, 11) is 0. The molecule has 2 heterocycles. The molecule has 0 saturated carbocycles. The monoisotopic (exact) mass is 499 g/mol. The Balaban J connectivity index is 1.52. The molecule has 0 spiro atoms. The van der Waals surface area contributed by atoms with Gasteiger partial charge in [0.2, 0.25) is 11.8 Å². The van der Waals surface area contributed by atoms with Gasteiger partial charge < -0.3 is 15.5 Å². The molecule has 0 radical (unpaired) electrons. The summed E-state index contributed by atoms with van der Waals surface area (Å²) in [5.74, 6) is 0.194. The van der Waals surface area contributed by atoms with E-state index in [1.54, 1.807) is 6.92 Å². The van der Waals surface area contributed by atoms with Crippen molar-refractivity contribution in [1.82, 2.24) is 25.5 Å². The van der Waals surface area contributed by atoms with Crippen LogP contribution in [-0.4, -0.2) is 58.8 Å². The third-order valence-corrected chi connectivity index (χ3v) is 6.54. The van der Waals surface area contributed by atoms with Crippen LogP contribution in [0.3, 0.4) is 0 Å². The number of nitrogens with zero attached hydrogens (tertiary/aromatic N) is 3. The Kier molecular flexibility index (Phi) is 8.97. The Morgan fingerprint density at radius 1 is 0.919 bits per heavy atom. The van der Waals surface area contributed by atoms with Gasteiger partial charge in [0.25, 0.3) is 5.91 Å². The van der Waals surface area contributed by atoms with Gasteiger partial charge in [-0.05, 0) is 37.7 Å². The van der Waals surface area contributed by atoms with Gasteiger partial charge in [-0.15, -0.1) is 0 Å². The fraction of sp³-hybridized carbons (Fsp3) is 0.345. The average Bonchev–Trinajstić information content (AvgIpc) is 2.92. The largest absolute Gasteiger partial charge is 0.356 e.